The van der Waals surface area contributed by atoms with Gasteiger partial charge in [0.1, 0.15) is 30.5 Å². The van der Waals surface area contributed by atoms with Gasteiger partial charge in [-0.1, -0.05) is 29.8 Å². The van der Waals surface area contributed by atoms with Gasteiger partial charge >= 0.3 is 0 Å². The second-order valence-corrected chi connectivity index (χ2v) is 8.96. The number of nitrogens with zero attached hydrogens (tertiary/aromatic N) is 1. The number of thiophene rings is 1. The standard InChI is InChI=1S/C22H21ClFNO5S/c23-14-6-4-11(22-21(29)20(28)19(27)16(10-26)30-22)8-12(14)9-13-5-7-17(31-13)15-2-1-3-18(24)25-15/h1-8,16,19-22,26-29H,9-10H2/t16-,19-,20+,21-,22?/m1/s1. The molecule has 0 spiro atoms. The molecule has 1 aliphatic heterocycles. The van der Waals surface area contributed by atoms with Crippen molar-refractivity contribution in [3.63, 3.8) is 0 Å². The van der Waals surface area contributed by atoms with E-state index in [2.05, 4.69) is 4.98 Å². The van der Waals surface area contributed by atoms with Crippen LogP contribution in [0.4, 0.5) is 4.39 Å². The number of hydrogen-bond acceptors (Lipinski definition) is 7. The molecule has 3 heterocycles. The van der Waals surface area contributed by atoms with E-state index in [9.17, 15) is 24.8 Å². The van der Waals surface area contributed by atoms with Gasteiger partial charge in [0.25, 0.3) is 0 Å². The molecule has 164 valence electrons. The summed E-state index contributed by atoms with van der Waals surface area (Å²) < 4.78 is 19.1. The highest BCUT2D eigenvalue weighted by Gasteiger charge is 2.44. The van der Waals surface area contributed by atoms with E-state index in [-0.39, 0.29) is 0 Å². The van der Waals surface area contributed by atoms with Crippen LogP contribution in [0.3, 0.4) is 0 Å². The predicted molar refractivity (Wildman–Crippen MR) is 114 cm³/mol. The number of benzene rings is 1. The lowest BCUT2D eigenvalue weighted by Crippen LogP contribution is -2.55. The highest BCUT2D eigenvalue weighted by molar-refractivity contribution is 7.15. The van der Waals surface area contributed by atoms with Gasteiger partial charge in [-0.3, -0.25) is 0 Å². The molecule has 1 saturated heterocycles. The fourth-order valence-corrected chi connectivity index (χ4v) is 4.81. The third-order valence-electron chi connectivity index (χ3n) is 5.28. The van der Waals surface area contributed by atoms with E-state index < -0.39 is 43.1 Å². The molecule has 0 radical (unpaired) electrons. The minimum absolute atomic E-state index is 0.490. The molecule has 9 heteroatoms. The van der Waals surface area contributed by atoms with Crippen molar-refractivity contribution in [3.05, 3.63) is 75.5 Å². The van der Waals surface area contributed by atoms with Crippen LogP contribution in [0.25, 0.3) is 10.6 Å². The zero-order chi connectivity index (χ0) is 22.1. The van der Waals surface area contributed by atoms with E-state index in [4.69, 9.17) is 16.3 Å². The molecule has 3 aromatic rings. The van der Waals surface area contributed by atoms with Gasteiger partial charge in [-0.05, 0) is 41.5 Å². The average Bonchev–Trinajstić information content (AvgIpc) is 3.23. The number of aliphatic hydroxyl groups excluding tert-OH is 4. The van der Waals surface area contributed by atoms with Gasteiger partial charge in [0, 0.05) is 16.3 Å². The van der Waals surface area contributed by atoms with Gasteiger partial charge in [-0.25, -0.2) is 4.98 Å². The Morgan fingerprint density at radius 3 is 2.58 bits per heavy atom. The van der Waals surface area contributed by atoms with Crippen molar-refractivity contribution in [2.75, 3.05) is 6.61 Å². The van der Waals surface area contributed by atoms with E-state index in [1.807, 2.05) is 12.1 Å². The van der Waals surface area contributed by atoms with Gasteiger partial charge in [0.15, 0.2) is 0 Å². The number of halogens is 2. The Balaban J connectivity index is 1.58. The fourth-order valence-electron chi connectivity index (χ4n) is 3.63. The molecule has 31 heavy (non-hydrogen) atoms. The highest BCUT2D eigenvalue weighted by atomic mass is 35.5. The molecule has 0 aliphatic carbocycles. The van der Waals surface area contributed by atoms with E-state index >= 15 is 0 Å². The second-order valence-electron chi connectivity index (χ2n) is 7.39. The summed E-state index contributed by atoms with van der Waals surface area (Å²) in [4.78, 5) is 5.71. The summed E-state index contributed by atoms with van der Waals surface area (Å²) in [6.07, 6.45) is -5.65. The Kier molecular flexibility index (Phi) is 6.68. The van der Waals surface area contributed by atoms with Crippen LogP contribution in [-0.4, -0.2) is 56.4 Å². The van der Waals surface area contributed by atoms with Crippen molar-refractivity contribution in [1.82, 2.24) is 4.98 Å². The van der Waals surface area contributed by atoms with Crippen molar-refractivity contribution in [2.45, 2.75) is 36.9 Å². The highest BCUT2D eigenvalue weighted by Crippen LogP contribution is 2.35. The zero-order valence-electron chi connectivity index (χ0n) is 16.2. The van der Waals surface area contributed by atoms with Crippen LogP contribution in [0.1, 0.15) is 22.1 Å². The van der Waals surface area contributed by atoms with Gasteiger partial charge in [-0.2, -0.15) is 4.39 Å². The van der Waals surface area contributed by atoms with Crippen LogP contribution in [0, 0.1) is 5.95 Å². The van der Waals surface area contributed by atoms with Crippen LogP contribution < -0.4 is 0 Å². The Bertz CT molecular complexity index is 1060. The molecule has 1 fully saturated rings. The summed E-state index contributed by atoms with van der Waals surface area (Å²) in [7, 11) is 0. The smallest absolute Gasteiger partial charge is 0.213 e. The third kappa shape index (κ3) is 4.65. The third-order valence-corrected chi connectivity index (χ3v) is 6.76. The molecular weight excluding hydrogens is 445 g/mol. The minimum atomic E-state index is -1.45. The summed E-state index contributed by atoms with van der Waals surface area (Å²) in [5.74, 6) is -0.539. The van der Waals surface area contributed by atoms with Crippen molar-refractivity contribution in [1.29, 1.82) is 0 Å². The molecule has 1 aliphatic rings. The lowest BCUT2D eigenvalue weighted by molar-refractivity contribution is -0.231. The van der Waals surface area contributed by atoms with Crippen LogP contribution in [0.2, 0.25) is 5.02 Å². The van der Waals surface area contributed by atoms with E-state index in [1.165, 1.54) is 17.4 Å². The molecule has 6 nitrogen and oxygen atoms in total. The topological polar surface area (TPSA) is 103 Å². The van der Waals surface area contributed by atoms with Crippen LogP contribution in [0.15, 0.2) is 48.5 Å². The van der Waals surface area contributed by atoms with Crippen molar-refractivity contribution in [3.8, 4) is 10.6 Å². The molecule has 2 aromatic heterocycles. The normalized spacial score (nSPS) is 26.2. The monoisotopic (exact) mass is 465 g/mol. The molecule has 0 saturated carbocycles. The Morgan fingerprint density at radius 1 is 1.03 bits per heavy atom. The van der Waals surface area contributed by atoms with Crippen LogP contribution in [-0.2, 0) is 11.2 Å². The Morgan fingerprint density at radius 2 is 1.84 bits per heavy atom. The molecule has 4 rings (SSSR count). The minimum Gasteiger partial charge on any atom is -0.394 e. The number of ether oxygens (including phenoxy) is 1. The van der Waals surface area contributed by atoms with Crippen molar-refractivity contribution < 1.29 is 29.6 Å². The molecule has 1 unspecified atom stereocenters. The predicted octanol–water partition coefficient (Wildman–Crippen LogP) is 2.71. The summed E-state index contributed by atoms with van der Waals surface area (Å²) in [6.45, 7) is -0.492. The lowest BCUT2D eigenvalue weighted by Gasteiger charge is -2.40. The Labute approximate surface area is 187 Å². The summed E-state index contributed by atoms with van der Waals surface area (Å²) >= 11 is 7.85. The van der Waals surface area contributed by atoms with E-state index in [0.29, 0.717) is 22.7 Å². The van der Waals surface area contributed by atoms with Gasteiger partial charge < -0.3 is 25.2 Å². The maximum Gasteiger partial charge on any atom is 0.213 e. The zero-order valence-corrected chi connectivity index (χ0v) is 17.8. The Hall–Kier alpha value is -1.91. The fraction of sp³-hybridized carbons (Fsp3) is 0.318. The first-order valence-corrected chi connectivity index (χ1v) is 10.9. The van der Waals surface area contributed by atoms with Crippen LogP contribution >= 0.6 is 22.9 Å². The molecule has 0 bridgehead atoms. The summed E-state index contributed by atoms with van der Waals surface area (Å²) in [5.41, 5.74) is 1.90. The largest absolute Gasteiger partial charge is 0.394 e. The maximum absolute atomic E-state index is 13.4. The first-order chi connectivity index (χ1) is 14.9. The van der Waals surface area contributed by atoms with Gasteiger partial charge in [0.2, 0.25) is 5.95 Å². The van der Waals surface area contributed by atoms with Crippen molar-refractivity contribution in [2.24, 2.45) is 0 Å². The SMILES string of the molecule is OC[C@H]1OC(c2ccc(Cl)c(Cc3ccc(-c4cccc(F)n4)s3)c2)[C@H](O)[C@@H](O)[C@@H]1O. The quantitative estimate of drug-likeness (QED) is 0.432. The number of rotatable bonds is 5. The average molecular weight is 466 g/mol. The number of aliphatic hydroxyl groups is 4. The molecule has 5 atom stereocenters. The molecule has 4 N–H and O–H groups in total. The summed E-state index contributed by atoms with van der Waals surface area (Å²) in [5, 5.41) is 40.4. The van der Waals surface area contributed by atoms with Gasteiger partial charge in [0.05, 0.1) is 17.2 Å². The van der Waals surface area contributed by atoms with Crippen molar-refractivity contribution >= 4 is 22.9 Å². The second kappa shape index (κ2) is 9.30. The van der Waals surface area contributed by atoms with E-state index in [1.54, 1.807) is 30.3 Å². The van der Waals surface area contributed by atoms with E-state index in [0.717, 1.165) is 15.3 Å². The van der Waals surface area contributed by atoms with Crippen LogP contribution in [0.5, 0.6) is 0 Å². The number of aromatic nitrogens is 1. The first kappa shape index (κ1) is 22.3. The lowest BCUT2D eigenvalue weighted by atomic mass is 9.90. The first-order valence-electron chi connectivity index (χ1n) is 9.68. The number of hydrogen-bond donors (Lipinski definition) is 4. The molecular formula is C22H21ClFNO5S. The number of pyridine rings is 1. The van der Waals surface area contributed by atoms with Gasteiger partial charge in [-0.15, -0.1) is 11.3 Å². The molecule has 1 aromatic carbocycles. The molecule has 0 amide bonds. The maximum atomic E-state index is 13.4. The summed E-state index contributed by atoms with van der Waals surface area (Å²) in [6, 6.07) is 13.6.